The van der Waals surface area contributed by atoms with Crippen LogP contribution in [0.5, 0.6) is 0 Å². The zero-order chi connectivity index (χ0) is 23.4. The molecule has 1 amide bonds. The van der Waals surface area contributed by atoms with Crippen molar-refractivity contribution in [1.29, 1.82) is 0 Å². The second kappa shape index (κ2) is 10.2. The van der Waals surface area contributed by atoms with Gasteiger partial charge in [-0.3, -0.25) is 4.79 Å². The number of carbonyl (C=O) groups excluding carboxylic acids is 2. The fourth-order valence-corrected chi connectivity index (χ4v) is 6.44. The number of nitrogens with zero attached hydrogens (tertiary/aromatic N) is 1. The Morgan fingerprint density at radius 3 is 2.61 bits per heavy atom. The van der Waals surface area contributed by atoms with Crippen LogP contribution in [0.25, 0.3) is 0 Å². The lowest BCUT2D eigenvalue weighted by atomic mass is 9.88. The number of rotatable bonds is 6. The summed E-state index contributed by atoms with van der Waals surface area (Å²) in [6.07, 6.45) is 5.35. The maximum atomic E-state index is 13.0. The lowest BCUT2D eigenvalue weighted by Gasteiger charge is -2.26. The lowest BCUT2D eigenvalue weighted by Crippen LogP contribution is -2.36. The minimum atomic E-state index is -3.81. The zero-order valence-electron chi connectivity index (χ0n) is 18.3. The molecule has 4 rings (SSSR count). The van der Waals surface area contributed by atoms with E-state index in [0.717, 1.165) is 44.1 Å². The van der Waals surface area contributed by atoms with E-state index in [1.165, 1.54) is 28.1 Å². The maximum absolute atomic E-state index is 13.0. The van der Waals surface area contributed by atoms with Gasteiger partial charge in [-0.15, -0.1) is 0 Å². The SMILES string of the molecule is O=C(COC(=O)c1ccc(Cl)c(S(=O)(=O)N2CCCCC2)c1)N[C@H]1CCCc2ccccc21. The fourth-order valence-electron chi connectivity index (χ4n) is 4.43. The number of halogens is 1. The normalized spacial score (nSPS) is 18.9. The van der Waals surface area contributed by atoms with Gasteiger partial charge in [0.1, 0.15) is 4.90 Å². The molecule has 0 bridgehead atoms. The number of ether oxygens (including phenoxy) is 1. The summed E-state index contributed by atoms with van der Waals surface area (Å²) in [6.45, 7) is 0.407. The van der Waals surface area contributed by atoms with E-state index in [1.54, 1.807) is 0 Å². The molecule has 0 spiro atoms. The summed E-state index contributed by atoms with van der Waals surface area (Å²) in [4.78, 5) is 24.9. The molecule has 0 unspecified atom stereocenters. The van der Waals surface area contributed by atoms with Crippen molar-refractivity contribution in [2.75, 3.05) is 19.7 Å². The molecule has 0 saturated carbocycles. The zero-order valence-corrected chi connectivity index (χ0v) is 19.8. The Kier molecular flexibility index (Phi) is 7.36. The van der Waals surface area contributed by atoms with E-state index in [4.69, 9.17) is 16.3 Å². The average molecular weight is 491 g/mol. The molecular formula is C24H27ClN2O5S. The quantitative estimate of drug-likeness (QED) is 0.620. The minimum absolute atomic E-state index is 0.0331. The molecule has 2 aromatic carbocycles. The van der Waals surface area contributed by atoms with Crippen molar-refractivity contribution in [1.82, 2.24) is 9.62 Å². The monoisotopic (exact) mass is 490 g/mol. The number of piperidine rings is 1. The highest BCUT2D eigenvalue weighted by Gasteiger charge is 2.29. The van der Waals surface area contributed by atoms with Crippen LogP contribution >= 0.6 is 11.6 Å². The van der Waals surface area contributed by atoms with Crippen LogP contribution in [0, 0.1) is 0 Å². The number of fused-ring (bicyclic) bond motifs is 1. The van der Waals surface area contributed by atoms with E-state index < -0.39 is 28.5 Å². The Bertz CT molecular complexity index is 1150. The van der Waals surface area contributed by atoms with Crippen molar-refractivity contribution in [3.8, 4) is 0 Å². The van der Waals surface area contributed by atoms with Crippen LogP contribution in [0.2, 0.25) is 5.02 Å². The van der Waals surface area contributed by atoms with E-state index in [-0.39, 0.29) is 21.5 Å². The van der Waals surface area contributed by atoms with Gasteiger partial charge in [0.25, 0.3) is 5.91 Å². The summed E-state index contributed by atoms with van der Waals surface area (Å²) in [6, 6.07) is 11.9. The van der Waals surface area contributed by atoms with Crippen LogP contribution in [-0.2, 0) is 26.0 Å². The summed E-state index contributed by atoms with van der Waals surface area (Å²) < 4.78 is 32.6. The van der Waals surface area contributed by atoms with Crippen molar-refractivity contribution in [2.24, 2.45) is 0 Å². The first-order chi connectivity index (χ1) is 15.9. The molecule has 1 N–H and O–H groups in total. The summed E-state index contributed by atoms with van der Waals surface area (Å²) in [5, 5.41) is 2.98. The first kappa shape index (κ1) is 23.7. The predicted molar refractivity (Wildman–Crippen MR) is 125 cm³/mol. The third-order valence-corrected chi connectivity index (χ3v) is 8.52. The predicted octanol–water partition coefficient (Wildman–Crippen LogP) is 3.87. The van der Waals surface area contributed by atoms with Gasteiger partial charge in [-0.1, -0.05) is 42.3 Å². The number of sulfonamides is 1. The molecule has 0 aromatic heterocycles. The van der Waals surface area contributed by atoms with E-state index in [0.29, 0.717) is 13.1 Å². The summed E-state index contributed by atoms with van der Waals surface area (Å²) in [7, 11) is -3.81. The highest BCUT2D eigenvalue weighted by atomic mass is 35.5. The van der Waals surface area contributed by atoms with Crippen LogP contribution in [0.15, 0.2) is 47.4 Å². The van der Waals surface area contributed by atoms with Crippen molar-refractivity contribution < 1.29 is 22.7 Å². The topological polar surface area (TPSA) is 92.8 Å². The Labute approximate surface area is 199 Å². The highest BCUT2D eigenvalue weighted by Crippen LogP contribution is 2.30. The lowest BCUT2D eigenvalue weighted by molar-refractivity contribution is -0.125. The van der Waals surface area contributed by atoms with E-state index >= 15 is 0 Å². The molecule has 2 aromatic rings. The number of hydrogen-bond acceptors (Lipinski definition) is 5. The highest BCUT2D eigenvalue weighted by molar-refractivity contribution is 7.89. The van der Waals surface area contributed by atoms with E-state index in [9.17, 15) is 18.0 Å². The molecular weight excluding hydrogens is 464 g/mol. The molecule has 1 aliphatic carbocycles. The molecule has 2 aliphatic rings. The van der Waals surface area contributed by atoms with Crippen molar-refractivity contribution in [3.63, 3.8) is 0 Å². The van der Waals surface area contributed by atoms with Crippen LogP contribution in [-0.4, -0.2) is 44.3 Å². The first-order valence-corrected chi connectivity index (χ1v) is 13.0. The van der Waals surface area contributed by atoms with Crippen LogP contribution in [0.4, 0.5) is 0 Å². The van der Waals surface area contributed by atoms with E-state index in [1.807, 2.05) is 18.2 Å². The van der Waals surface area contributed by atoms with Gasteiger partial charge in [0.15, 0.2) is 6.61 Å². The third-order valence-electron chi connectivity index (χ3n) is 6.14. The molecule has 1 heterocycles. The van der Waals surface area contributed by atoms with Gasteiger partial charge in [-0.2, -0.15) is 4.31 Å². The van der Waals surface area contributed by atoms with Crippen LogP contribution < -0.4 is 5.32 Å². The second-order valence-corrected chi connectivity index (χ2v) is 10.7. The van der Waals surface area contributed by atoms with Gasteiger partial charge in [0, 0.05) is 13.1 Å². The fraction of sp³-hybridized carbons (Fsp3) is 0.417. The van der Waals surface area contributed by atoms with Crippen molar-refractivity contribution >= 4 is 33.5 Å². The summed E-state index contributed by atoms with van der Waals surface area (Å²) >= 11 is 6.16. The molecule has 7 nitrogen and oxygen atoms in total. The Morgan fingerprint density at radius 2 is 1.82 bits per heavy atom. The number of esters is 1. The standard InChI is InChI=1S/C24H27ClN2O5S/c25-20-12-11-18(15-22(20)33(30,31)27-13-4-1-5-14-27)24(29)32-16-23(28)26-21-10-6-8-17-7-2-3-9-19(17)21/h2-3,7,9,11-12,15,21H,1,4-6,8,10,13-14,16H2,(H,26,28)/t21-/m0/s1. The smallest absolute Gasteiger partial charge is 0.338 e. The van der Waals surface area contributed by atoms with Gasteiger partial charge in [0.2, 0.25) is 10.0 Å². The largest absolute Gasteiger partial charge is 0.452 e. The molecule has 33 heavy (non-hydrogen) atoms. The average Bonchev–Trinajstić information content (AvgIpc) is 2.83. The molecule has 9 heteroatoms. The van der Waals surface area contributed by atoms with Crippen LogP contribution in [0.3, 0.4) is 0 Å². The Hall–Kier alpha value is -2.42. The van der Waals surface area contributed by atoms with Crippen molar-refractivity contribution in [3.05, 3.63) is 64.2 Å². The van der Waals surface area contributed by atoms with Gasteiger partial charge in [-0.25, -0.2) is 13.2 Å². The van der Waals surface area contributed by atoms with Crippen LogP contribution in [0.1, 0.15) is 59.6 Å². The summed E-state index contributed by atoms with van der Waals surface area (Å²) in [5.41, 5.74) is 2.34. The third kappa shape index (κ3) is 5.39. The number of aryl methyl sites for hydroxylation is 1. The van der Waals surface area contributed by atoms with Gasteiger partial charge in [0.05, 0.1) is 16.6 Å². The van der Waals surface area contributed by atoms with E-state index in [2.05, 4.69) is 11.4 Å². The molecule has 1 aliphatic heterocycles. The molecule has 1 atom stereocenters. The Balaban J connectivity index is 1.40. The van der Waals surface area contributed by atoms with Gasteiger partial charge in [-0.05, 0) is 61.4 Å². The molecule has 1 saturated heterocycles. The number of benzene rings is 2. The second-order valence-electron chi connectivity index (χ2n) is 8.40. The first-order valence-electron chi connectivity index (χ1n) is 11.2. The number of carbonyl (C=O) groups is 2. The van der Waals surface area contributed by atoms with Gasteiger partial charge < -0.3 is 10.1 Å². The number of amides is 1. The number of nitrogens with one attached hydrogen (secondary N) is 1. The maximum Gasteiger partial charge on any atom is 0.338 e. The Morgan fingerprint density at radius 1 is 1.06 bits per heavy atom. The number of hydrogen-bond donors (Lipinski definition) is 1. The summed E-state index contributed by atoms with van der Waals surface area (Å²) in [5.74, 6) is -1.18. The molecule has 1 fully saturated rings. The van der Waals surface area contributed by atoms with Gasteiger partial charge >= 0.3 is 5.97 Å². The minimum Gasteiger partial charge on any atom is -0.452 e. The molecule has 0 radical (unpaired) electrons. The molecule has 176 valence electrons. The van der Waals surface area contributed by atoms with Crippen molar-refractivity contribution in [2.45, 2.75) is 49.5 Å².